The lowest BCUT2D eigenvalue weighted by Crippen LogP contribution is -2.30. The summed E-state index contributed by atoms with van der Waals surface area (Å²) in [6, 6.07) is 12.4. The van der Waals surface area contributed by atoms with E-state index in [0.717, 1.165) is 0 Å². The average molecular weight is 294 g/mol. The first-order chi connectivity index (χ1) is 9.54. The number of halogens is 2. The quantitative estimate of drug-likeness (QED) is 0.929. The van der Waals surface area contributed by atoms with Crippen LogP contribution in [0.5, 0.6) is 5.75 Å². The molecule has 0 heterocycles. The zero-order valence-corrected chi connectivity index (χ0v) is 11.5. The second-order valence-electron chi connectivity index (χ2n) is 4.21. The predicted molar refractivity (Wildman–Crippen MR) is 76.6 cm³/mol. The lowest BCUT2D eigenvalue weighted by atomic mass is 10.3. The molecule has 2 aromatic carbocycles. The topological polar surface area (TPSA) is 38.3 Å². The molecule has 5 heteroatoms. The molecule has 0 fully saturated rings. The monoisotopic (exact) mass is 293 g/mol. The van der Waals surface area contributed by atoms with Crippen molar-refractivity contribution in [3.05, 3.63) is 59.4 Å². The minimum absolute atomic E-state index is 0.356. The molecular formula is C15H13ClFNO2. The molecule has 0 saturated carbocycles. The number of carbonyl (C=O) groups is 1. The van der Waals surface area contributed by atoms with Crippen molar-refractivity contribution >= 4 is 23.2 Å². The van der Waals surface area contributed by atoms with Gasteiger partial charge >= 0.3 is 0 Å². The molecule has 0 saturated heterocycles. The Bertz CT molecular complexity index is 601. The molecule has 1 atom stereocenters. The van der Waals surface area contributed by atoms with Crippen LogP contribution in [-0.2, 0) is 4.79 Å². The van der Waals surface area contributed by atoms with Crippen molar-refractivity contribution < 1.29 is 13.9 Å². The van der Waals surface area contributed by atoms with Gasteiger partial charge in [0.15, 0.2) is 6.10 Å². The van der Waals surface area contributed by atoms with E-state index < -0.39 is 11.9 Å². The fourth-order valence-corrected chi connectivity index (χ4v) is 1.71. The van der Waals surface area contributed by atoms with E-state index in [1.165, 1.54) is 18.2 Å². The maximum absolute atomic E-state index is 13.0. The van der Waals surface area contributed by atoms with E-state index >= 15 is 0 Å². The first-order valence-corrected chi connectivity index (χ1v) is 6.41. The Hall–Kier alpha value is -2.07. The fraction of sp³-hybridized carbons (Fsp3) is 0.133. The molecule has 0 aromatic heterocycles. The molecule has 1 N–H and O–H groups in total. The Labute approximate surface area is 121 Å². The summed E-state index contributed by atoms with van der Waals surface area (Å²) in [5, 5.41) is 3.18. The van der Waals surface area contributed by atoms with Gasteiger partial charge in [0.1, 0.15) is 11.6 Å². The van der Waals surface area contributed by atoms with E-state index in [2.05, 4.69) is 5.32 Å². The number of carbonyl (C=O) groups excluding carboxylic acids is 1. The molecule has 2 aromatic rings. The summed E-state index contributed by atoms with van der Waals surface area (Å²) >= 11 is 5.76. The average Bonchev–Trinajstić information content (AvgIpc) is 2.41. The van der Waals surface area contributed by atoms with Crippen molar-refractivity contribution in [1.82, 2.24) is 0 Å². The Balaban J connectivity index is 1.96. The van der Waals surface area contributed by atoms with Crippen molar-refractivity contribution in [2.24, 2.45) is 0 Å². The highest BCUT2D eigenvalue weighted by molar-refractivity contribution is 6.30. The van der Waals surface area contributed by atoms with Crippen LogP contribution in [0, 0.1) is 5.82 Å². The van der Waals surface area contributed by atoms with Crippen LogP contribution < -0.4 is 10.1 Å². The van der Waals surface area contributed by atoms with Gasteiger partial charge in [-0.3, -0.25) is 4.79 Å². The van der Waals surface area contributed by atoms with E-state index in [9.17, 15) is 9.18 Å². The number of rotatable bonds is 4. The van der Waals surface area contributed by atoms with E-state index in [1.54, 1.807) is 37.3 Å². The van der Waals surface area contributed by atoms with Crippen molar-refractivity contribution in [3.8, 4) is 5.75 Å². The van der Waals surface area contributed by atoms with Crippen LogP contribution in [0.25, 0.3) is 0 Å². The molecule has 0 aliphatic rings. The summed E-state index contributed by atoms with van der Waals surface area (Å²) in [6.45, 7) is 1.61. The number of hydrogen-bond acceptors (Lipinski definition) is 2. The highest BCUT2D eigenvalue weighted by Gasteiger charge is 2.15. The van der Waals surface area contributed by atoms with Gasteiger partial charge in [-0.25, -0.2) is 4.39 Å². The van der Waals surface area contributed by atoms with E-state index in [1.807, 2.05) is 0 Å². The summed E-state index contributed by atoms with van der Waals surface area (Å²) in [6.07, 6.45) is -0.709. The van der Waals surface area contributed by atoms with Crippen molar-refractivity contribution in [2.75, 3.05) is 5.32 Å². The predicted octanol–water partition coefficient (Wildman–Crippen LogP) is 3.89. The zero-order valence-electron chi connectivity index (χ0n) is 10.8. The van der Waals surface area contributed by atoms with Crippen LogP contribution in [0.1, 0.15) is 6.92 Å². The number of ether oxygens (including phenoxy) is 1. The van der Waals surface area contributed by atoms with Gasteiger partial charge in [0.2, 0.25) is 0 Å². The summed E-state index contributed by atoms with van der Waals surface area (Å²) in [5.74, 6) is -0.226. The van der Waals surface area contributed by atoms with Gasteiger partial charge in [-0.1, -0.05) is 17.7 Å². The van der Waals surface area contributed by atoms with Gasteiger partial charge in [-0.05, 0) is 49.4 Å². The summed E-state index contributed by atoms with van der Waals surface area (Å²) in [4.78, 5) is 11.9. The lowest BCUT2D eigenvalue weighted by molar-refractivity contribution is -0.122. The number of hydrogen-bond donors (Lipinski definition) is 1. The summed E-state index contributed by atoms with van der Waals surface area (Å²) in [7, 11) is 0. The van der Waals surface area contributed by atoms with Crippen molar-refractivity contribution in [3.63, 3.8) is 0 Å². The molecule has 0 unspecified atom stereocenters. The third kappa shape index (κ3) is 3.96. The molecule has 0 spiro atoms. The highest BCUT2D eigenvalue weighted by atomic mass is 35.5. The molecule has 20 heavy (non-hydrogen) atoms. The lowest BCUT2D eigenvalue weighted by Gasteiger charge is -2.14. The smallest absolute Gasteiger partial charge is 0.265 e. The summed E-state index contributed by atoms with van der Waals surface area (Å²) in [5.41, 5.74) is 0.390. The second-order valence-corrected chi connectivity index (χ2v) is 4.65. The van der Waals surface area contributed by atoms with Gasteiger partial charge in [-0.2, -0.15) is 0 Å². The molecule has 1 amide bonds. The van der Waals surface area contributed by atoms with Crippen molar-refractivity contribution in [2.45, 2.75) is 13.0 Å². The number of amides is 1. The van der Waals surface area contributed by atoms with Gasteiger partial charge < -0.3 is 10.1 Å². The highest BCUT2D eigenvalue weighted by Crippen LogP contribution is 2.17. The molecule has 0 bridgehead atoms. The van der Waals surface area contributed by atoms with Gasteiger partial charge in [0.05, 0.1) is 0 Å². The molecule has 3 nitrogen and oxygen atoms in total. The molecule has 0 aliphatic carbocycles. The van der Waals surface area contributed by atoms with Crippen LogP contribution >= 0.6 is 11.6 Å². The third-order valence-electron chi connectivity index (χ3n) is 2.59. The third-order valence-corrected chi connectivity index (χ3v) is 2.84. The Kier molecular flexibility index (Phi) is 4.58. The van der Waals surface area contributed by atoms with Crippen LogP contribution in [0.4, 0.5) is 10.1 Å². The molecule has 104 valence electrons. The maximum Gasteiger partial charge on any atom is 0.265 e. The van der Waals surface area contributed by atoms with Crippen molar-refractivity contribution in [1.29, 1.82) is 0 Å². The first-order valence-electron chi connectivity index (χ1n) is 6.03. The first kappa shape index (κ1) is 14.3. The SMILES string of the molecule is C[C@H](Oc1ccc(Cl)cc1)C(=O)Nc1cccc(F)c1. The molecular weight excluding hydrogens is 281 g/mol. The van der Waals surface area contributed by atoms with Gasteiger partial charge in [-0.15, -0.1) is 0 Å². The normalized spacial score (nSPS) is 11.8. The van der Waals surface area contributed by atoms with Gasteiger partial charge in [0.25, 0.3) is 5.91 Å². The van der Waals surface area contributed by atoms with Crippen LogP contribution in [-0.4, -0.2) is 12.0 Å². The standard InChI is InChI=1S/C15H13ClFNO2/c1-10(20-14-7-5-11(16)6-8-14)15(19)18-13-4-2-3-12(17)9-13/h2-10H,1H3,(H,18,19)/t10-/m0/s1. The maximum atomic E-state index is 13.0. The molecule has 2 rings (SSSR count). The number of benzene rings is 2. The largest absolute Gasteiger partial charge is 0.481 e. The fourth-order valence-electron chi connectivity index (χ4n) is 1.58. The van der Waals surface area contributed by atoms with Crippen LogP contribution in [0.3, 0.4) is 0 Å². The number of anilines is 1. The molecule has 0 aliphatic heterocycles. The van der Waals surface area contributed by atoms with Gasteiger partial charge in [0, 0.05) is 10.7 Å². The Morgan fingerprint density at radius 3 is 2.60 bits per heavy atom. The Morgan fingerprint density at radius 1 is 1.25 bits per heavy atom. The second kappa shape index (κ2) is 6.39. The minimum Gasteiger partial charge on any atom is -0.481 e. The van der Waals surface area contributed by atoms with E-state index in [4.69, 9.17) is 16.3 Å². The van der Waals surface area contributed by atoms with Crippen LogP contribution in [0.2, 0.25) is 5.02 Å². The van der Waals surface area contributed by atoms with E-state index in [0.29, 0.717) is 16.5 Å². The zero-order chi connectivity index (χ0) is 14.5. The minimum atomic E-state index is -0.709. The molecule has 0 radical (unpaired) electrons. The summed E-state index contributed by atoms with van der Waals surface area (Å²) < 4.78 is 18.5. The Morgan fingerprint density at radius 2 is 1.95 bits per heavy atom. The van der Waals surface area contributed by atoms with Crippen LogP contribution in [0.15, 0.2) is 48.5 Å². The number of nitrogens with one attached hydrogen (secondary N) is 1. The van der Waals surface area contributed by atoms with E-state index in [-0.39, 0.29) is 5.91 Å².